The molecule has 0 unspecified atom stereocenters. The molecule has 0 saturated heterocycles. The molecule has 0 spiro atoms. The first kappa shape index (κ1) is 23.6. The number of ether oxygens (including phenoxy) is 2. The van der Waals surface area contributed by atoms with Crippen LogP contribution >= 0.6 is 54.5 Å². The molecule has 0 fully saturated rings. The Balaban J connectivity index is 1.95. The molecule has 2 N–H and O–H groups in total. The smallest absolute Gasteiger partial charge is 0.344 e. The molecule has 0 aliphatic heterocycles. The molecular formula is C19H18Br2IN3O4. The van der Waals surface area contributed by atoms with Crippen molar-refractivity contribution in [3.8, 4) is 5.75 Å². The maximum Gasteiger partial charge on any atom is 0.344 e. The Hall–Kier alpha value is -1.66. The van der Waals surface area contributed by atoms with Gasteiger partial charge in [0.2, 0.25) is 0 Å². The van der Waals surface area contributed by atoms with Crippen molar-refractivity contribution in [3.63, 3.8) is 0 Å². The van der Waals surface area contributed by atoms with Crippen molar-refractivity contribution in [1.82, 2.24) is 5.43 Å². The Morgan fingerprint density at radius 1 is 1.21 bits per heavy atom. The summed E-state index contributed by atoms with van der Waals surface area (Å²) in [6.07, 6.45) is 1.51. The van der Waals surface area contributed by atoms with Crippen molar-refractivity contribution in [1.29, 1.82) is 0 Å². The molecule has 0 atom stereocenters. The van der Waals surface area contributed by atoms with Gasteiger partial charge in [0.05, 0.1) is 20.9 Å². The number of esters is 1. The van der Waals surface area contributed by atoms with Gasteiger partial charge in [-0.05, 0) is 93.8 Å². The van der Waals surface area contributed by atoms with Crippen LogP contribution in [0.25, 0.3) is 0 Å². The normalized spacial score (nSPS) is 10.7. The standard InChI is InChI=1S/C19H18Br2IN3O4/c1-3-28-17(26)10-29-18-15(21)7-12(8-16(18)22)9-23-25-19(27)24-13-4-5-14(20)11(2)6-13/h4-9H,3,10H2,1-2H3,(H2,24,25,27)/b23-9+. The summed E-state index contributed by atoms with van der Waals surface area (Å²) in [4.78, 5) is 23.4. The third-order valence-electron chi connectivity index (χ3n) is 3.46. The van der Waals surface area contributed by atoms with Crippen LogP contribution in [0.1, 0.15) is 18.1 Å². The van der Waals surface area contributed by atoms with Gasteiger partial charge in [-0.25, -0.2) is 15.0 Å². The minimum Gasteiger partial charge on any atom is -0.480 e. The number of nitrogens with zero attached hydrogens (tertiary/aromatic N) is 1. The van der Waals surface area contributed by atoms with E-state index in [1.54, 1.807) is 19.1 Å². The van der Waals surface area contributed by atoms with E-state index in [2.05, 4.69) is 70.3 Å². The average Bonchev–Trinajstić information content (AvgIpc) is 2.64. The third kappa shape index (κ3) is 7.59. The molecule has 10 heteroatoms. The van der Waals surface area contributed by atoms with Crippen molar-refractivity contribution in [2.75, 3.05) is 18.5 Å². The van der Waals surface area contributed by atoms with Gasteiger partial charge in [-0.2, -0.15) is 5.10 Å². The van der Waals surface area contributed by atoms with Crippen LogP contribution in [0.3, 0.4) is 0 Å². The van der Waals surface area contributed by atoms with E-state index in [4.69, 9.17) is 9.47 Å². The topological polar surface area (TPSA) is 89.0 Å². The molecule has 0 aliphatic carbocycles. The number of hydrazone groups is 1. The summed E-state index contributed by atoms with van der Waals surface area (Å²) in [5, 5.41) is 6.66. The molecule has 7 nitrogen and oxygen atoms in total. The first-order valence-corrected chi connectivity index (χ1v) is 11.1. The fourth-order valence-corrected chi connectivity index (χ4v) is 4.19. The molecule has 2 amide bonds. The molecule has 0 aliphatic rings. The zero-order valence-corrected chi connectivity index (χ0v) is 20.9. The van der Waals surface area contributed by atoms with Crippen LogP contribution in [0, 0.1) is 10.5 Å². The predicted molar refractivity (Wildman–Crippen MR) is 128 cm³/mol. The Bertz CT molecular complexity index is 915. The van der Waals surface area contributed by atoms with Crippen molar-refractivity contribution in [2.45, 2.75) is 13.8 Å². The average molecular weight is 639 g/mol. The highest BCUT2D eigenvalue weighted by Crippen LogP contribution is 2.31. The fraction of sp³-hybridized carbons (Fsp3) is 0.211. The number of aryl methyl sites for hydroxylation is 1. The van der Waals surface area contributed by atoms with Crippen molar-refractivity contribution < 1.29 is 19.1 Å². The second-order valence-corrected chi connectivity index (χ2v) is 8.57. The third-order valence-corrected chi connectivity index (χ3v) is 5.74. The number of urea groups is 1. The van der Waals surface area contributed by atoms with Gasteiger partial charge in [-0.3, -0.25) is 0 Å². The van der Waals surface area contributed by atoms with E-state index in [1.807, 2.05) is 25.1 Å². The van der Waals surface area contributed by atoms with Gasteiger partial charge in [0.25, 0.3) is 0 Å². The van der Waals surface area contributed by atoms with E-state index >= 15 is 0 Å². The number of hydrogen-bond acceptors (Lipinski definition) is 5. The summed E-state index contributed by atoms with van der Waals surface area (Å²) in [5.41, 5.74) is 4.83. The van der Waals surface area contributed by atoms with Crippen LogP contribution in [0.4, 0.5) is 10.5 Å². The Morgan fingerprint density at radius 2 is 1.97 bits per heavy atom. The second kappa shape index (κ2) is 11.5. The lowest BCUT2D eigenvalue weighted by Crippen LogP contribution is -2.24. The van der Waals surface area contributed by atoms with Crippen molar-refractivity contribution in [2.24, 2.45) is 5.10 Å². The number of halogens is 3. The molecule has 2 aromatic rings. The van der Waals surface area contributed by atoms with Crippen molar-refractivity contribution >= 4 is 78.4 Å². The number of amides is 2. The fourth-order valence-electron chi connectivity index (χ4n) is 2.17. The highest BCUT2D eigenvalue weighted by atomic mass is 127. The molecular weight excluding hydrogens is 621 g/mol. The molecule has 29 heavy (non-hydrogen) atoms. The highest BCUT2D eigenvalue weighted by Gasteiger charge is 2.11. The number of nitrogens with one attached hydrogen (secondary N) is 2. The largest absolute Gasteiger partial charge is 0.480 e. The van der Waals surface area contributed by atoms with Gasteiger partial charge >= 0.3 is 12.0 Å². The summed E-state index contributed by atoms with van der Waals surface area (Å²) in [7, 11) is 0. The first-order valence-electron chi connectivity index (χ1n) is 8.43. The molecule has 2 aromatic carbocycles. The monoisotopic (exact) mass is 637 g/mol. The zero-order valence-electron chi connectivity index (χ0n) is 15.6. The molecule has 2 rings (SSSR count). The zero-order chi connectivity index (χ0) is 21.4. The SMILES string of the molecule is CCOC(=O)COc1c(Br)cc(/C=N/NC(=O)Nc2ccc(Br)c(C)c2)cc1I. The maximum absolute atomic E-state index is 12.0. The van der Waals surface area contributed by atoms with Crippen LogP contribution in [0.2, 0.25) is 0 Å². The summed E-state index contributed by atoms with van der Waals surface area (Å²) in [6.45, 7) is 3.80. The van der Waals surface area contributed by atoms with E-state index in [1.165, 1.54) is 6.21 Å². The van der Waals surface area contributed by atoms with Gasteiger partial charge in [0.1, 0.15) is 5.75 Å². The van der Waals surface area contributed by atoms with Crippen LogP contribution in [0.5, 0.6) is 5.75 Å². The summed E-state index contributed by atoms with van der Waals surface area (Å²) in [5.74, 6) is 0.101. The maximum atomic E-state index is 12.0. The molecule has 0 radical (unpaired) electrons. The molecule has 0 bridgehead atoms. The van der Waals surface area contributed by atoms with Gasteiger partial charge < -0.3 is 14.8 Å². The quantitative estimate of drug-likeness (QED) is 0.188. The molecule has 0 heterocycles. The summed E-state index contributed by atoms with van der Waals surface area (Å²) < 4.78 is 12.8. The van der Waals surface area contributed by atoms with Crippen LogP contribution < -0.4 is 15.5 Å². The molecule has 154 valence electrons. The summed E-state index contributed by atoms with van der Waals surface area (Å²) in [6, 6.07) is 8.62. The van der Waals surface area contributed by atoms with E-state index in [-0.39, 0.29) is 6.61 Å². The Kier molecular flexibility index (Phi) is 9.37. The number of carbonyl (C=O) groups excluding carboxylic acids is 2. The van der Waals surface area contributed by atoms with E-state index in [0.29, 0.717) is 22.5 Å². The molecule has 0 saturated carbocycles. The lowest BCUT2D eigenvalue weighted by Gasteiger charge is -2.10. The second-order valence-electron chi connectivity index (χ2n) is 5.70. The number of carbonyl (C=O) groups is 2. The van der Waals surface area contributed by atoms with E-state index < -0.39 is 12.0 Å². The highest BCUT2D eigenvalue weighted by molar-refractivity contribution is 14.1. The lowest BCUT2D eigenvalue weighted by atomic mass is 10.2. The van der Waals surface area contributed by atoms with E-state index in [9.17, 15) is 9.59 Å². The number of rotatable bonds is 7. The van der Waals surface area contributed by atoms with Crippen LogP contribution in [-0.4, -0.2) is 31.4 Å². The number of benzene rings is 2. The van der Waals surface area contributed by atoms with Crippen LogP contribution in [0.15, 0.2) is 44.4 Å². The minimum atomic E-state index is -0.453. The van der Waals surface area contributed by atoms with Crippen molar-refractivity contribution in [3.05, 3.63) is 54.0 Å². The first-order chi connectivity index (χ1) is 13.8. The predicted octanol–water partition coefficient (Wildman–Crippen LogP) is 5.22. The van der Waals surface area contributed by atoms with Gasteiger partial charge in [-0.15, -0.1) is 0 Å². The summed E-state index contributed by atoms with van der Waals surface area (Å²) >= 11 is 8.93. The lowest BCUT2D eigenvalue weighted by molar-refractivity contribution is -0.145. The number of anilines is 1. The van der Waals surface area contributed by atoms with Crippen LogP contribution in [-0.2, 0) is 9.53 Å². The Labute approximate surface area is 199 Å². The van der Waals surface area contributed by atoms with E-state index in [0.717, 1.165) is 19.2 Å². The van der Waals surface area contributed by atoms with Gasteiger partial charge in [0.15, 0.2) is 6.61 Å². The minimum absolute atomic E-state index is 0.173. The molecule has 0 aromatic heterocycles. The van der Waals surface area contributed by atoms with Gasteiger partial charge in [-0.1, -0.05) is 15.9 Å². The number of hydrogen-bond donors (Lipinski definition) is 2. The Morgan fingerprint density at radius 3 is 2.62 bits per heavy atom. The van der Waals surface area contributed by atoms with Gasteiger partial charge in [0, 0.05) is 10.2 Å².